The molecule has 3 rings (SSSR count). The summed E-state index contributed by atoms with van der Waals surface area (Å²) < 4.78 is 5.72. The molecular weight excluding hydrogens is 306 g/mol. The highest BCUT2D eigenvalue weighted by Gasteiger charge is 2.22. The van der Waals surface area contributed by atoms with Crippen LogP contribution >= 0.6 is 11.6 Å². The van der Waals surface area contributed by atoms with Crippen molar-refractivity contribution >= 4 is 23.5 Å². The maximum atomic E-state index is 11.0. The summed E-state index contributed by atoms with van der Waals surface area (Å²) >= 11 is 5.87. The predicted octanol–water partition coefficient (Wildman–Crippen LogP) is 1.56. The van der Waals surface area contributed by atoms with Gasteiger partial charge in [0, 0.05) is 43.7 Å². The van der Waals surface area contributed by atoms with Gasteiger partial charge in [-0.3, -0.25) is 10.2 Å². The SMILES string of the molecule is CC(=O)NN1CCN(c2nnc(-c3ccc(Cl)cc3)o2)CC1. The van der Waals surface area contributed by atoms with E-state index in [1.54, 1.807) is 12.1 Å². The van der Waals surface area contributed by atoms with Gasteiger partial charge in [0.15, 0.2) is 0 Å². The molecule has 1 N–H and O–H groups in total. The topological polar surface area (TPSA) is 74.5 Å². The highest BCUT2D eigenvalue weighted by molar-refractivity contribution is 6.30. The van der Waals surface area contributed by atoms with Gasteiger partial charge in [0.25, 0.3) is 0 Å². The first-order valence-electron chi connectivity index (χ1n) is 6.98. The summed E-state index contributed by atoms with van der Waals surface area (Å²) in [6.45, 7) is 4.34. The number of carbonyl (C=O) groups excluding carboxylic acids is 1. The summed E-state index contributed by atoms with van der Waals surface area (Å²) in [6, 6.07) is 7.75. The number of carbonyl (C=O) groups is 1. The average Bonchev–Trinajstić information content (AvgIpc) is 2.98. The monoisotopic (exact) mass is 321 g/mol. The fraction of sp³-hybridized carbons (Fsp3) is 0.357. The van der Waals surface area contributed by atoms with Gasteiger partial charge in [0.2, 0.25) is 11.8 Å². The standard InChI is InChI=1S/C14H16ClN5O2/c1-10(21)18-20-8-6-19(7-9-20)14-17-16-13(22-14)11-2-4-12(15)5-3-11/h2-5H,6-9H2,1H3,(H,18,21). The Hall–Kier alpha value is -2.12. The Morgan fingerprint density at radius 1 is 1.18 bits per heavy atom. The maximum Gasteiger partial charge on any atom is 0.318 e. The molecule has 0 spiro atoms. The van der Waals surface area contributed by atoms with Crippen molar-refractivity contribution in [2.24, 2.45) is 0 Å². The van der Waals surface area contributed by atoms with Crippen molar-refractivity contribution in [2.45, 2.75) is 6.92 Å². The van der Waals surface area contributed by atoms with Gasteiger partial charge in [0.05, 0.1) is 0 Å². The normalized spacial score (nSPS) is 15.8. The molecule has 0 unspecified atom stereocenters. The fourth-order valence-electron chi connectivity index (χ4n) is 2.28. The zero-order chi connectivity index (χ0) is 15.5. The van der Waals surface area contributed by atoms with E-state index in [4.69, 9.17) is 16.0 Å². The van der Waals surface area contributed by atoms with Crippen molar-refractivity contribution in [3.05, 3.63) is 29.3 Å². The Kier molecular flexibility index (Phi) is 4.26. The third kappa shape index (κ3) is 3.37. The summed E-state index contributed by atoms with van der Waals surface area (Å²) in [5.41, 5.74) is 3.61. The van der Waals surface area contributed by atoms with Crippen LogP contribution in [0.1, 0.15) is 6.92 Å². The first-order valence-corrected chi connectivity index (χ1v) is 7.36. The molecule has 0 bridgehead atoms. The number of nitrogens with zero attached hydrogens (tertiary/aromatic N) is 4. The first kappa shape index (κ1) is 14.8. The van der Waals surface area contributed by atoms with Gasteiger partial charge in [-0.2, -0.15) is 0 Å². The van der Waals surface area contributed by atoms with Crippen LogP contribution in [0.3, 0.4) is 0 Å². The number of hydrazine groups is 1. The lowest BCUT2D eigenvalue weighted by atomic mass is 10.2. The third-order valence-corrected chi connectivity index (χ3v) is 3.62. The van der Waals surface area contributed by atoms with Crippen LogP contribution in [0.4, 0.5) is 6.01 Å². The number of piperazine rings is 1. The van der Waals surface area contributed by atoms with E-state index in [9.17, 15) is 4.79 Å². The highest BCUT2D eigenvalue weighted by Crippen LogP contribution is 2.23. The molecule has 1 fully saturated rings. The number of amides is 1. The molecule has 1 aliphatic heterocycles. The molecule has 1 aromatic carbocycles. The number of aromatic nitrogens is 2. The molecule has 116 valence electrons. The van der Waals surface area contributed by atoms with Gasteiger partial charge >= 0.3 is 6.01 Å². The zero-order valence-electron chi connectivity index (χ0n) is 12.1. The number of benzene rings is 1. The summed E-state index contributed by atoms with van der Waals surface area (Å²) in [4.78, 5) is 13.0. The van der Waals surface area contributed by atoms with Gasteiger partial charge in [-0.25, -0.2) is 5.01 Å². The van der Waals surface area contributed by atoms with Gasteiger partial charge in [0.1, 0.15) is 0 Å². The number of rotatable bonds is 3. The largest absolute Gasteiger partial charge is 0.403 e. The van der Waals surface area contributed by atoms with E-state index in [2.05, 4.69) is 15.6 Å². The molecule has 0 aliphatic carbocycles. The van der Waals surface area contributed by atoms with Crippen LogP contribution in [0, 0.1) is 0 Å². The molecular formula is C14H16ClN5O2. The lowest BCUT2D eigenvalue weighted by molar-refractivity contribution is -0.123. The molecule has 2 aromatic rings. The number of anilines is 1. The minimum Gasteiger partial charge on any atom is -0.403 e. The number of halogens is 1. The summed E-state index contributed by atoms with van der Waals surface area (Å²) in [6.07, 6.45) is 0. The lowest BCUT2D eigenvalue weighted by Crippen LogP contribution is -2.53. The van der Waals surface area contributed by atoms with Crippen LogP contribution in [0.5, 0.6) is 0 Å². The average molecular weight is 322 g/mol. The number of hydrogen-bond acceptors (Lipinski definition) is 6. The molecule has 1 aromatic heterocycles. The van der Waals surface area contributed by atoms with Gasteiger partial charge < -0.3 is 9.32 Å². The van der Waals surface area contributed by atoms with Crippen LogP contribution in [-0.2, 0) is 4.79 Å². The lowest BCUT2D eigenvalue weighted by Gasteiger charge is -2.33. The molecule has 1 amide bonds. The van der Waals surface area contributed by atoms with E-state index in [1.807, 2.05) is 22.0 Å². The van der Waals surface area contributed by atoms with Crippen molar-refractivity contribution in [1.82, 2.24) is 20.6 Å². The van der Waals surface area contributed by atoms with Gasteiger partial charge in [-0.15, -0.1) is 5.10 Å². The van der Waals surface area contributed by atoms with Crippen LogP contribution in [0.15, 0.2) is 28.7 Å². The van der Waals surface area contributed by atoms with Crippen molar-refractivity contribution in [3.63, 3.8) is 0 Å². The smallest absolute Gasteiger partial charge is 0.318 e. The maximum absolute atomic E-state index is 11.0. The minimum atomic E-state index is -0.0590. The summed E-state index contributed by atoms with van der Waals surface area (Å²) in [5.74, 6) is 0.409. The van der Waals surface area contributed by atoms with Crippen LogP contribution in [0.25, 0.3) is 11.5 Å². The third-order valence-electron chi connectivity index (χ3n) is 3.37. The zero-order valence-corrected chi connectivity index (χ0v) is 12.9. The van der Waals surface area contributed by atoms with E-state index in [-0.39, 0.29) is 5.91 Å². The van der Waals surface area contributed by atoms with E-state index < -0.39 is 0 Å². The second kappa shape index (κ2) is 6.33. The van der Waals surface area contributed by atoms with Crippen molar-refractivity contribution in [1.29, 1.82) is 0 Å². The van der Waals surface area contributed by atoms with Gasteiger partial charge in [-0.05, 0) is 24.3 Å². The molecule has 0 atom stereocenters. The Bertz CT molecular complexity index is 650. The Morgan fingerprint density at radius 3 is 2.50 bits per heavy atom. The second-order valence-electron chi connectivity index (χ2n) is 5.04. The van der Waals surface area contributed by atoms with E-state index >= 15 is 0 Å². The quantitative estimate of drug-likeness (QED) is 0.925. The second-order valence-corrected chi connectivity index (χ2v) is 5.48. The Balaban J connectivity index is 1.65. The Morgan fingerprint density at radius 2 is 1.86 bits per heavy atom. The fourth-order valence-corrected chi connectivity index (χ4v) is 2.41. The highest BCUT2D eigenvalue weighted by atomic mass is 35.5. The molecule has 0 radical (unpaired) electrons. The van der Waals surface area contributed by atoms with Crippen molar-refractivity contribution in [3.8, 4) is 11.5 Å². The van der Waals surface area contributed by atoms with Crippen LogP contribution in [0.2, 0.25) is 5.02 Å². The first-order chi connectivity index (χ1) is 10.6. The van der Waals surface area contributed by atoms with E-state index in [1.165, 1.54) is 6.92 Å². The molecule has 22 heavy (non-hydrogen) atoms. The number of hydrogen-bond donors (Lipinski definition) is 1. The molecule has 7 nitrogen and oxygen atoms in total. The molecule has 8 heteroatoms. The predicted molar refractivity (Wildman–Crippen MR) is 82.3 cm³/mol. The summed E-state index contributed by atoms with van der Waals surface area (Å²) in [5, 5.41) is 10.7. The van der Waals surface area contributed by atoms with Crippen molar-refractivity contribution < 1.29 is 9.21 Å². The van der Waals surface area contributed by atoms with Crippen molar-refractivity contribution in [2.75, 3.05) is 31.1 Å². The Labute approximate surface area is 132 Å². The van der Waals surface area contributed by atoms with E-state index in [0.717, 1.165) is 5.56 Å². The van der Waals surface area contributed by atoms with Gasteiger partial charge in [-0.1, -0.05) is 16.7 Å². The molecule has 0 saturated carbocycles. The van der Waals surface area contributed by atoms with E-state index in [0.29, 0.717) is 43.1 Å². The number of nitrogens with one attached hydrogen (secondary N) is 1. The molecule has 2 heterocycles. The van der Waals surface area contributed by atoms with Crippen LogP contribution < -0.4 is 10.3 Å². The molecule has 1 aliphatic rings. The van der Waals surface area contributed by atoms with Crippen LogP contribution in [-0.4, -0.2) is 47.3 Å². The summed E-state index contributed by atoms with van der Waals surface area (Å²) in [7, 11) is 0. The molecule has 1 saturated heterocycles. The minimum absolute atomic E-state index is 0.0590.